The molecule has 1 atom stereocenters. The average Bonchev–Trinajstić information content (AvgIpc) is 3.42. The van der Waals surface area contributed by atoms with Crippen LogP contribution in [0.25, 0.3) is 21.9 Å². The van der Waals surface area contributed by atoms with Gasteiger partial charge in [0.1, 0.15) is 17.3 Å². The highest BCUT2D eigenvalue weighted by Crippen LogP contribution is 2.43. The van der Waals surface area contributed by atoms with Crippen molar-refractivity contribution in [3.05, 3.63) is 71.9 Å². The Morgan fingerprint density at radius 1 is 1.00 bits per heavy atom. The number of hydrogen-bond acceptors (Lipinski definition) is 3. The minimum Gasteiger partial charge on any atom is -0.456 e. The van der Waals surface area contributed by atoms with Gasteiger partial charge in [-0.3, -0.25) is 4.90 Å². The Bertz CT molecular complexity index is 1390. The topological polar surface area (TPSA) is 28.4 Å². The Morgan fingerprint density at radius 3 is 2.42 bits per heavy atom. The maximum absolute atomic E-state index is 6.22. The van der Waals surface area contributed by atoms with Crippen LogP contribution < -0.4 is 9.47 Å². The van der Waals surface area contributed by atoms with Crippen molar-refractivity contribution in [3.63, 3.8) is 0 Å². The van der Waals surface area contributed by atoms with E-state index in [1.165, 1.54) is 33.5 Å². The monoisotopic (exact) mass is 443 g/mol. The second-order valence-electron chi connectivity index (χ2n) is 10.1. The first kappa shape index (κ1) is 21.6. The van der Waals surface area contributed by atoms with Crippen LogP contribution in [0.1, 0.15) is 57.6 Å². The van der Waals surface area contributed by atoms with Gasteiger partial charge in [-0.2, -0.15) is 0 Å². The highest BCUT2D eigenvalue weighted by atomic mass is 16.3. The van der Waals surface area contributed by atoms with Gasteiger partial charge in [-0.25, -0.2) is 9.13 Å². The predicted octanol–water partition coefficient (Wildman–Crippen LogP) is 6.28. The minimum absolute atomic E-state index is 0.168. The lowest BCUT2D eigenvalue weighted by atomic mass is 9.85. The van der Waals surface area contributed by atoms with Crippen LogP contribution in [0.5, 0.6) is 0 Å². The first-order valence-electron chi connectivity index (χ1n) is 11.9. The van der Waals surface area contributed by atoms with Crippen LogP contribution in [0.4, 0.5) is 5.82 Å². The molecule has 0 unspecified atom stereocenters. The second kappa shape index (κ2) is 7.41. The van der Waals surface area contributed by atoms with Gasteiger partial charge in [0, 0.05) is 30.1 Å². The predicted molar refractivity (Wildman–Crippen MR) is 135 cm³/mol. The van der Waals surface area contributed by atoms with Crippen molar-refractivity contribution in [2.45, 2.75) is 66.2 Å². The van der Waals surface area contributed by atoms with Crippen LogP contribution in [-0.4, -0.2) is 15.6 Å². The third-order valence-corrected chi connectivity index (χ3v) is 7.48. The maximum Gasteiger partial charge on any atom is 0.254 e. The Labute approximate surface area is 196 Å². The zero-order chi connectivity index (χ0) is 23.7. The Hall–Kier alpha value is -3.21. The Balaban J connectivity index is 1.60. The molecule has 0 saturated heterocycles. The normalized spacial score (nSPS) is 16.8. The number of rotatable bonds is 4. The molecule has 0 radical (unpaired) electrons. The number of nitrogens with zero attached hydrogens (tertiary/aromatic N) is 4. The highest BCUT2D eigenvalue weighted by Gasteiger charge is 2.40. The van der Waals surface area contributed by atoms with Crippen LogP contribution in [0.15, 0.2) is 59.4 Å². The summed E-state index contributed by atoms with van der Waals surface area (Å²) in [5, 5.41) is 2.41. The van der Waals surface area contributed by atoms with Gasteiger partial charge >= 0.3 is 0 Å². The van der Waals surface area contributed by atoms with Crippen molar-refractivity contribution < 1.29 is 8.98 Å². The molecule has 0 aliphatic carbocycles. The lowest BCUT2D eigenvalue weighted by molar-refractivity contribution is -0.721. The minimum atomic E-state index is -0.241. The molecule has 0 N–H and O–H groups in total. The molecule has 1 aliphatic heterocycles. The van der Waals surface area contributed by atoms with Gasteiger partial charge < -0.3 is 9.32 Å². The Morgan fingerprint density at radius 2 is 1.73 bits per heavy atom. The molecule has 5 rings (SSSR count). The third kappa shape index (κ3) is 3.09. The molecule has 0 bridgehead atoms. The van der Waals surface area contributed by atoms with Gasteiger partial charge in [0.15, 0.2) is 6.20 Å². The van der Waals surface area contributed by atoms with Crippen molar-refractivity contribution in [1.29, 1.82) is 0 Å². The van der Waals surface area contributed by atoms with Gasteiger partial charge in [-0.15, -0.1) is 0 Å². The number of para-hydroxylation sites is 1. The van der Waals surface area contributed by atoms with E-state index in [1.54, 1.807) is 0 Å². The fourth-order valence-corrected chi connectivity index (χ4v) is 5.69. The molecule has 0 fully saturated rings. The maximum atomic E-state index is 6.22. The number of fused-ring (bicyclic) bond motifs is 3. The molecule has 0 amide bonds. The van der Waals surface area contributed by atoms with Crippen LogP contribution in [0.2, 0.25) is 0 Å². The molecule has 2 aromatic carbocycles. The molecule has 0 spiro atoms. The van der Waals surface area contributed by atoms with Gasteiger partial charge in [0.2, 0.25) is 5.82 Å². The number of furan rings is 1. The summed E-state index contributed by atoms with van der Waals surface area (Å²) in [4.78, 5) is 4.84. The molecular weight excluding hydrogens is 408 g/mol. The number of aromatic nitrogens is 2. The number of hydrogen-bond donors (Lipinski definition) is 0. The van der Waals surface area contributed by atoms with E-state index in [1.807, 2.05) is 6.07 Å². The summed E-state index contributed by atoms with van der Waals surface area (Å²) in [6.45, 7) is 15.8. The van der Waals surface area contributed by atoms with E-state index in [2.05, 4.69) is 123 Å². The summed E-state index contributed by atoms with van der Waals surface area (Å²) >= 11 is 0. The third-order valence-electron chi connectivity index (χ3n) is 7.48. The summed E-state index contributed by atoms with van der Waals surface area (Å²) in [5.74, 6) is 2.45. The summed E-state index contributed by atoms with van der Waals surface area (Å²) in [7, 11) is 2.15. The molecular formula is C28H35N4O+. The molecule has 0 saturated carbocycles. The van der Waals surface area contributed by atoms with Crippen LogP contribution in [0.3, 0.4) is 0 Å². The van der Waals surface area contributed by atoms with E-state index in [-0.39, 0.29) is 11.7 Å². The zero-order valence-corrected chi connectivity index (χ0v) is 21.0. The number of anilines is 1. The van der Waals surface area contributed by atoms with Gasteiger partial charge in [0.05, 0.1) is 18.6 Å². The SMILES string of the molecule is Cc1ccc2oc3ccccc3c2c1C(C)(C)N1C=CN(c2c[n+](C(C)C)c(C)n2C)[C@H]1C. The van der Waals surface area contributed by atoms with Crippen molar-refractivity contribution in [1.82, 2.24) is 9.47 Å². The van der Waals surface area contributed by atoms with Crippen molar-refractivity contribution in [3.8, 4) is 0 Å². The van der Waals surface area contributed by atoms with Crippen molar-refractivity contribution in [2.24, 2.45) is 7.05 Å². The van der Waals surface area contributed by atoms with E-state index in [0.717, 1.165) is 11.2 Å². The number of imidazole rings is 1. The van der Waals surface area contributed by atoms with Crippen molar-refractivity contribution in [2.75, 3.05) is 4.90 Å². The van der Waals surface area contributed by atoms with Gasteiger partial charge in [-0.1, -0.05) is 24.3 Å². The molecule has 33 heavy (non-hydrogen) atoms. The molecule has 5 heteroatoms. The lowest BCUT2D eigenvalue weighted by Crippen LogP contribution is -2.47. The van der Waals surface area contributed by atoms with Crippen LogP contribution >= 0.6 is 0 Å². The van der Waals surface area contributed by atoms with Crippen LogP contribution in [0, 0.1) is 13.8 Å². The van der Waals surface area contributed by atoms with E-state index in [0.29, 0.717) is 6.04 Å². The zero-order valence-electron chi connectivity index (χ0n) is 21.0. The van der Waals surface area contributed by atoms with Gasteiger partial charge in [-0.05, 0) is 64.8 Å². The smallest absolute Gasteiger partial charge is 0.254 e. The summed E-state index contributed by atoms with van der Waals surface area (Å²) in [6.07, 6.45) is 6.90. The number of aryl methyl sites for hydroxylation is 1. The average molecular weight is 444 g/mol. The standard InChI is InChI=1S/C28H35N4O/c1-18(2)31-17-25(29(8)20(31)4)30-15-16-32(21(30)5)28(6,7)27-19(3)13-14-24-26(27)22-11-9-10-12-23(22)33-24/h9-18,21H,1-8H3/q+1/t21-/m1/s1. The fourth-order valence-electron chi connectivity index (χ4n) is 5.69. The first-order chi connectivity index (χ1) is 15.6. The first-order valence-corrected chi connectivity index (χ1v) is 11.9. The molecule has 172 valence electrons. The van der Waals surface area contributed by atoms with E-state index in [4.69, 9.17) is 4.42 Å². The largest absolute Gasteiger partial charge is 0.456 e. The molecule has 1 aliphatic rings. The summed E-state index contributed by atoms with van der Waals surface area (Å²) in [6, 6.07) is 13.1. The fraction of sp³-hybridized carbons (Fsp3) is 0.393. The van der Waals surface area contributed by atoms with E-state index < -0.39 is 0 Å². The molecule has 3 heterocycles. The van der Waals surface area contributed by atoms with E-state index >= 15 is 0 Å². The van der Waals surface area contributed by atoms with Crippen molar-refractivity contribution >= 4 is 27.8 Å². The van der Waals surface area contributed by atoms with Crippen LogP contribution in [-0.2, 0) is 12.6 Å². The summed E-state index contributed by atoms with van der Waals surface area (Å²) < 4.78 is 10.8. The van der Waals surface area contributed by atoms with Gasteiger partial charge in [0.25, 0.3) is 5.82 Å². The molecule has 5 nitrogen and oxygen atoms in total. The quantitative estimate of drug-likeness (QED) is 0.347. The second-order valence-corrected chi connectivity index (χ2v) is 10.1. The Kier molecular flexibility index (Phi) is 4.85. The molecule has 4 aromatic rings. The van der Waals surface area contributed by atoms with E-state index in [9.17, 15) is 0 Å². The number of benzene rings is 2. The lowest BCUT2D eigenvalue weighted by Gasteiger charge is -2.42. The highest BCUT2D eigenvalue weighted by molar-refractivity contribution is 6.07. The summed E-state index contributed by atoms with van der Waals surface area (Å²) in [5.41, 5.74) is 4.26. The molecule has 2 aromatic heterocycles.